The van der Waals surface area contributed by atoms with Gasteiger partial charge < -0.3 is 15.0 Å². The van der Waals surface area contributed by atoms with Crippen molar-refractivity contribution in [2.24, 2.45) is 5.92 Å². The Balaban J connectivity index is 1.60. The lowest BCUT2D eigenvalue weighted by atomic mass is 9.93. The molecular weight excluding hydrogens is 500 g/mol. The number of nitrogens with zero attached hydrogens (tertiary/aromatic N) is 2. The van der Waals surface area contributed by atoms with E-state index in [4.69, 9.17) is 16.3 Å². The summed E-state index contributed by atoms with van der Waals surface area (Å²) in [5.74, 6) is -2.09. The molecule has 4 rings (SSSR count). The van der Waals surface area contributed by atoms with Crippen molar-refractivity contribution in [3.8, 4) is 0 Å². The third kappa shape index (κ3) is 6.73. The average Bonchev–Trinajstić information content (AvgIpc) is 2.88. The zero-order valence-electron chi connectivity index (χ0n) is 20.9. The van der Waals surface area contributed by atoms with E-state index in [0.29, 0.717) is 45.4 Å². The number of nitrogens with one attached hydrogen (secondary N) is 1. The molecule has 1 aromatic carbocycles. The van der Waals surface area contributed by atoms with Gasteiger partial charge in [0.25, 0.3) is 0 Å². The SMILES string of the molecule is C[C@@H]1CCC[C@H](N2CCC(c3c(F)ccc(Cl)c3F)=CC2=O)c2cc(ccn2)CCOCCCNC1=O. The molecule has 2 amide bonds. The Kier molecular flexibility index (Phi) is 9.27. The number of halogens is 3. The summed E-state index contributed by atoms with van der Waals surface area (Å²) in [6.07, 6.45) is 6.78. The lowest BCUT2D eigenvalue weighted by Gasteiger charge is -2.34. The number of hydrogen-bond acceptors (Lipinski definition) is 4. The molecule has 0 radical (unpaired) electrons. The standard InChI is InChI=1S/C28H32ClF2N3O3/c1-18-4-2-5-24(23-16-19(8-12-32-23)10-15-37-14-3-11-33-28(18)36)34-13-9-20(17-25(34)35)26-22(30)7-6-21(29)27(26)31/h6-8,12,16-18,24H,2-5,9-11,13-15H2,1H3,(H,33,36)/t18-,24+/m1/s1. The van der Waals surface area contributed by atoms with E-state index in [1.54, 1.807) is 11.1 Å². The highest BCUT2D eigenvalue weighted by Gasteiger charge is 2.30. The van der Waals surface area contributed by atoms with Gasteiger partial charge in [-0.3, -0.25) is 14.6 Å². The minimum absolute atomic E-state index is 0.0102. The van der Waals surface area contributed by atoms with Crippen LogP contribution in [-0.4, -0.2) is 48.0 Å². The molecule has 2 aromatic rings. The predicted octanol–water partition coefficient (Wildman–Crippen LogP) is 5.26. The third-order valence-corrected chi connectivity index (χ3v) is 7.29. The zero-order valence-corrected chi connectivity index (χ0v) is 21.7. The number of benzene rings is 1. The van der Waals surface area contributed by atoms with Crippen molar-refractivity contribution in [3.05, 3.63) is 70.0 Å². The number of amides is 2. The molecule has 2 bridgehead atoms. The Bertz CT molecular complexity index is 1170. The predicted molar refractivity (Wildman–Crippen MR) is 138 cm³/mol. The Labute approximate surface area is 221 Å². The van der Waals surface area contributed by atoms with E-state index in [9.17, 15) is 18.4 Å². The van der Waals surface area contributed by atoms with Crippen LogP contribution in [0.25, 0.3) is 5.57 Å². The summed E-state index contributed by atoms with van der Waals surface area (Å²) in [5, 5.41) is 2.77. The molecule has 0 fully saturated rings. The first-order valence-electron chi connectivity index (χ1n) is 12.8. The minimum Gasteiger partial charge on any atom is -0.381 e. The number of hydrogen-bond donors (Lipinski definition) is 1. The Morgan fingerprint density at radius 2 is 1.95 bits per heavy atom. The van der Waals surface area contributed by atoms with Gasteiger partial charge in [0, 0.05) is 37.9 Å². The monoisotopic (exact) mass is 531 g/mol. The molecular formula is C28H32ClF2N3O3. The van der Waals surface area contributed by atoms with E-state index >= 15 is 0 Å². The molecule has 198 valence electrons. The van der Waals surface area contributed by atoms with Gasteiger partial charge in [0.1, 0.15) is 5.82 Å². The quantitative estimate of drug-likeness (QED) is 0.537. The summed E-state index contributed by atoms with van der Waals surface area (Å²) >= 11 is 5.87. The van der Waals surface area contributed by atoms with Crippen LogP contribution in [0.2, 0.25) is 5.02 Å². The van der Waals surface area contributed by atoms with Gasteiger partial charge in [-0.1, -0.05) is 24.9 Å². The number of rotatable bonds is 2. The highest BCUT2D eigenvalue weighted by molar-refractivity contribution is 6.31. The van der Waals surface area contributed by atoms with Crippen molar-refractivity contribution in [3.63, 3.8) is 0 Å². The number of fused-ring (bicyclic) bond motifs is 2. The average molecular weight is 532 g/mol. The fraction of sp³-hybridized carbons (Fsp3) is 0.464. The van der Waals surface area contributed by atoms with Crippen LogP contribution in [0.3, 0.4) is 0 Å². The van der Waals surface area contributed by atoms with Crippen LogP contribution >= 0.6 is 11.6 Å². The maximum absolute atomic E-state index is 14.6. The van der Waals surface area contributed by atoms with E-state index in [0.717, 1.165) is 29.8 Å². The molecule has 37 heavy (non-hydrogen) atoms. The Morgan fingerprint density at radius 1 is 1.11 bits per heavy atom. The first kappa shape index (κ1) is 27.2. The minimum atomic E-state index is -0.859. The number of carbonyl (C=O) groups excluding carboxylic acids is 2. The lowest BCUT2D eigenvalue weighted by Crippen LogP contribution is -2.38. The first-order valence-corrected chi connectivity index (χ1v) is 13.2. The van der Waals surface area contributed by atoms with Crippen LogP contribution in [-0.2, 0) is 20.7 Å². The fourth-order valence-corrected chi connectivity index (χ4v) is 5.04. The fourth-order valence-electron chi connectivity index (χ4n) is 4.88. The molecule has 2 aliphatic heterocycles. The maximum atomic E-state index is 14.6. The van der Waals surface area contributed by atoms with Crippen LogP contribution in [0.15, 0.2) is 36.5 Å². The highest BCUT2D eigenvalue weighted by atomic mass is 35.5. The molecule has 1 aromatic heterocycles. The molecule has 6 nitrogen and oxygen atoms in total. The van der Waals surface area contributed by atoms with Crippen molar-refractivity contribution in [2.75, 3.05) is 26.3 Å². The van der Waals surface area contributed by atoms with E-state index in [1.807, 2.05) is 19.1 Å². The van der Waals surface area contributed by atoms with Crippen molar-refractivity contribution < 1.29 is 23.1 Å². The number of pyridine rings is 1. The van der Waals surface area contributed by atoms with Crippen molar-refractivity contribution in [1.29, 1.82) is 0 Å². The van der Waals surface area contributed by atoms with E-state index < -0.39 is 11.6 Å². The van der Waals surface area contributed by atoms with Gasteiger partial charge in [-0.05, 0) is 67.5 Å². The molecule has 2 aliphatic rings. The number of aromatic nitrogens is 1. The van der Waals surface area contributed by atoms with Gasteiger partial charge in [-0.15, -0.1) is 0 Å². The van der Waals surface area contributed by atoms with Crippen LogP contribution in [0, 0.1) is 17.6 Å². The van der Waals surface area contributed by atoms with Gasteiger partial charge in [-0.25, -0.2) is 8.78 Å². The summed E-state index contributed by atoms with van der Waals surface area (Å²) < 4.78 is 34.8. The van der Waals surface area contributed by atoms with Gasteiger partial charge in [0.2, 0.25) is 11.8 Å². The van der Waals surface area contributed by atoms with Crippen LogP contribution in [0.1, 0.15) is 61.9 Å². The maximum Gasteiger partial charge on any atom is 0.247 e. The van der Waals surface area contributed by atoms with Gasteiger partial charge in [0.15, 0.2) is 5.82 Å². The van der Waals surface area contributed by atoms with Crippen LogP contribution in [0.5, 0.6) is 0 Å². The van der Waals surface area contributed by atoms with E-state index in [-0.39, 0.29) is 52.9 Å². The van der Waals surface area contributed by atoms with Gasteiger partial charge in [-0.2, -0.15) is 0 Å². The molecule has 0 saturated carbocycles. The highest BCUT2D eigenvalue weighted by Crippen LogP contribution is 2.35. The second-order valence-electron chi connectivity index (χ2n) is 9.61. The number of ether oxygens (including phenoxy) is 1. The van der Waals surface area contributed by atoms with Crippen molar-refractivity contribution in [1.82, 2.24) is 15.2 Å². The second-order valence-corrected chi connectivity index (χ2v) is 10.0. The lowest BCUT2D eigenvalue weighted by molar-refractivity contribution is -0.129. The van der Waals surface area contributed by atoms with Crippen molar-refractivity contribution >= 4 is 29.0 Å². The summed E-state index contributed by atoms with van der Waals surface area (Å²) in [4.78, 5) is 32.0. The summed E-state index contributed by atoms with van der Waals surface area (Å²) in [7, 11) is 0. The second kappa shape index (κ2) is 12.6. The largest absolute Gasteiger partial charge is 0.381 e. The molecule has 0 unspecified atom stereocenters. The third-order valence-electron chi connectivity index (χ3n) is 6.99. The number of carbonyl (C=O) groups is 2. The Morgan fingerprint density at radius 3 is 2.76 bits per heavy atom. The molecule has 1 N–H and O–H groups in total. The summed E-state index contributed by atoms with van der Waals surface area (Å²) in [6, 6.07) is 5.88. The molecule has 0 aliphatic carbocycles. The molecule has 2 atom stereocenters. The van der Waals surface area contributed by atoms with Crippen molar-refractivity contribution in [2.45, 2.75) is 51.5 Å². The van der Waals surface area contributed by atoms with Gasteiger partial charge >= 0.3 is 0 Å². The molecule has 3 heterocycles. The zero-order chi connectivity index (χ0) is 26.4. The van der Waals surface area contributed by atoms with Crippen LogP contribution in [0.4, 0.5) is 8.78 Å². The molecule has 0 saturated heterocycles. The topological polar surface area (TPSA) is 71.5 Å². The first-order chi connectivity index (χ1) is 17.8. The molecule has 9 heteroatoms. The summed E-state index contributed by atoms with van der Waals surface area (Å²) in [5.41, 5.74) is 1.86. The van der Waals surface area contributed by atoms with Crippen LogP contribution < -0.4 is 5.32 Å². The molecule has 0 spiro atoms. The van der Waals surface area contributed by atoms with E-state index in [2.05, 4.69) is 10.3 Å². The summed E-state index contributed by atoms with van der Waals surface area (Å²) in [6.45, 7) is 3.88. The van der Waals surface area contributed by atoms with E-state index in [1.165, 1.54) is 6.08 Å². The van der Waals surface area contributed by atoms with Gasteiger partial charge in [0.05, 0.1) is 28.9 Å². The Hall–Kier alpha value is -2.84. The smallest absolute Gasteiger partial charge is 0.247 e. The normalized spacial score (nSPS) is 22.4.